The summed E-state index contributed by atoms with van der Waals surface area (Å²) in [4.78, 5) is 25.1. The molecule has 1 unspecified atom stereocenters. The van der Waals surface area contributed by atoms with E-state index in [4.69, 9.17) is 18.9 Å². The summed E-state index contributed by atoms with van der Waals surface area (Å²) in [5, 5.41) is 0. The summed E-state index contributed by atoms with van der Waals surface area (Å²) in [5.74, 6) is -0.233. The summed E-state index contributed by atoms with van der Waals surface area (Å²) >= 11 is 0. The standard InChI is InChI=1S/C18H31NO6/c1-4-23-15(3)25-13-16-9-8-10-17(20)19(16)11-6-7-12-22-14-18(21)24-5-2/h6-7,15-16H,4-5,8-14H2,1-3H3/t15?,16-/m1/s1. The molecule has 0 aromatic rings. The first-order valence-electron chi connectivity index (χ1n) is 8.99. The molecule has 0 aromatic heterocycles. The van der Waals surface area contributed by atoms with Crippen LogP contribution in [0.25, 0.3) is 0 Å². The number of esters is 1. The molecule has 1 aliphatic heterocycles. The van der Waals surface area contributed by atoms with E-state index in [1.54, 1.807) is 6.92 Å². The van der Waals surface area contributed by atoms with Crippen molar-refractivity contribution in [2.45, 2.75) is 52.4 Å². The van der Waals surface area contributed by atoms with Gasteiger partial charge in [0.2, 0.25) is 5.91 Å². The molecule has 0 spiro atoms. The number of hydrogen-bond donors (Lipinski definition) is 0. The van der Waals surface area contributed by atoms with Crippen molar-refractivity contribution >= 4 is 11.9 Å². The van der Waals surface area contributed by atoms with Gasteiger partial charge in [-0.05, 0) is 33.6 Å². The largest absolute Gasteiger partial charge is 0.464 e. The van der Waals surface area contributed by atoms with Crippen molar-refractivity contribution in [1.29, 1.82) is 0 Å². The zero-order valence-electron chi connectivity index (χ0n) is 15.6. The van der Waals surface area contributed by atoms with Gasteiger partial charge in [-0.15, -0.1) is 0 Å². The predicted octanol–water partition coefficient (Wildman–Crippen LogP) is 1.90. The Bertz CT molecular complexity index is 426. The molecule has 1 saturated heterocycles. The van der Waals surface area contributed by atoms with E-state index >= 15 is 0 Å². The van der Waals surface area contributed by atoms with Crippen LogP contribution in [-0.4, -0.2) is 68.7 Å². The van der Waals surface area contributed by atoms with Crippen LogP contribution >= 0.6 is 0 Å². The summed E-state index contributed by atoms with van der Waals surface area (Å²) in [6.07, 6.45) is 5.81. The number of nitrogens with zero attached hydrogens (tertiary/aromatic N) is 1. The monoisotopic (exact) mass is 357 g/mol. The zero-order chi connectivity index (χ0) is 18.5. The van der Waals surface area contributed by atoms with E-state index in [1.807, 2.05) is 30.9 Å². The van der Waals surface area contributed by atoms with Gasteiger partial charge in [-0.2, -0.15) is 0 Å². The summed E-state index contributed by atoms with van der Waals surface area (Å²) in [7, 11) is 0. The minimum Gasteiger partial charge on any atom is -0.464 e. The average Bonchev–Trinajstić information content (AvgIpc) is 2.58. The Balaban J connectivity index is 2.34. The molecule has 0 aromatic carbocycles. The summed E-state index contributed by atoms with van der Waals surface area (Å²) < 4.78 is 21.0. The van der Waals surface area contributed by atoms with E-state index in [9.17, 15) is 9.59 Å². The highest BCUT2D eigenvalue weighted by Crippen LogP contribution is 2.19. The average molecular weight is 357 g/mol. The van der Waals surface area contributed by atoms with Gasteiger partial charge in [0.25, 0.3) is 0 Å². The van der Waals surface area contributed by atoms with Gasteiger partial charge in [-0.1, -0.05) is 12.2 Å². The molecule has 1 aliphatic rings. The molecule has 0 bridgehead atoms. The van der Waals surface area contributed by atoms with Crippen LogP contribution in [0.15, 0.2) is 12.2 Å². The number of piperidine rings is 1. The normalized spacial score (nSPS) is 19.4. The maximum absolute atomic E-state index is 12.2. The molecule has 0 aliphatic carbocycles. The van der Waals surface area contributed by atoms with Gasteiger partial charge >= 0.3 is 5.97 Å². The number of carbonyl (C=O) groups is 2. The van der Waals surface area contributed by atoms with Gasteiger partial charge < -0.3 is 23.8 Å². The molecule has 0 radical (unpaired) electrons. The SMILES string of the molecule is CCOC(=O)COCC=CCN1C(=O)CCC[C@@H]1COC(C)OCC. The van der Waals surface area contributed by atoms with Crippen molar-refractivity contribution in [3.63, 3.8) is 0 Å². The molecule has 2 atom stereocenters. The number of amides is 1. The number of rotatable bonds is 12. The minimum atomic E-state index is -0.372. The lowest BCUT2D eigenvalue weighted by atomic mass is 10.0. The van der Waals surface area contributed by atoms with Crippen molar-refractivity contribution in [2.75, 3.05) is 39.6 Å². The van der Waals surface area contributed by atoms with Crippen molar-refractivity contribution in [2.24, 2.45) is 0 Å². The van der Waals surface area contributed by atoms with E-state index in [0.717, 1.165) is 12.8 Å². The summed E-state index contributed by atoms with van der Waals surface area (Å²) in [5.41, 5.74) is 0. The Kier molecular flexibility index (Phi) is 11.1. The first-order valence-corrected chi connectivity index (χ1v) is 8.99. The molecule has 0 saturated carbocycles. The van der Waals surface area contributed by atoms with Crippen LogP contribution in [0.3, 0.4) is 0 Å². The topological polar surface area (TPSA) is 74.3 Å². The van der Waals surface area contributed by atoms with Crippen molar-refractivity contribution in [1.82, 2.24) is 4.90 Å². The molecular formula is C18H31NO6. The minimum absolute atomic E-state index is 0.0629. The second-order valence-electron chi connectivity index (χ2n) is 5.74. The number of hydrogen-bond acceptors (Lipinski definition) is 6. The van der Waals surface area contributed by atoms with Gasteiger partial charge in [0, 0.05) is 19.6 Å². The van der Waals surface area contributed by atoms with Gasteiger partial charge in [-0.3, -0.25) is 4.79 Å². The number of ether oxygens (including phenoxy) is 4. The molecule has 1 heterocycles. The molecule has 7 nitrogen and oxygen atoms in total. The molecule has 1 fully saturated rings. The van der Waals surface area contributed by atoms with Gasteiger partial charge in [-0.25, -0.2) is 4.79 Å². The number of likely N-dealkylation sites (tertiary alicyclic amines) is 1. The van der Waals surface area contributed by atoms with Crippen LogP contribution in [0.2, 0.25) is 0 Å². The van der Waals surface area contributed by atoms with E-state index in [-0.39, 0.29) is 30.8 Å². The first kappa shape index (κ1) is 21.6. The fourth-order valence-corrected chi connectivity index (χ4v) is 2.61. The first-order chi connectivity index (χ1) is 12.1. The summed E-state index contributed by atoms with van der Waals surface area (Å²) in [6, 6.07) is 0.0641. The Morgan fingerprint density at radius 1 is 1.28 bits per heavy atom. The van der Waals surface area contributed by atoms with Crippen LogP contribution in [0.4, 0.5) is 0 Å². The van der Waals surface area contributed by atoms with Crippen molar-refractivity contribution in [3.05, 3.63) is 12.2 Å². The van der Waals surface area contributed by atoms with Crippen LogP contribution in [-0.2, 0) is 28.5 Å². The molecule has 1 rings (SSSR count). The lowest BCUT2D eigenvalue weighted by Gasteiger charge is -2.35. The van der Waals surface area contributed by atoms with E-state index in [0.29, 0.717) is 39.4 Å². The second-order valence-corrected chi connectivity index (χ2v) is 5.74. The van der Waals surface area contributed by atoms with Gasteiger partial charge in [0.05, 0.1) is 25.9 Å². The highest BCUT2D eigenvalue weighted by atomic mass is 16.7. The Hall–Kier alpha value is -1.44. The third-order valence-electron chi connectivity index (χ3n) is 3.82. The Labute approximate surface area is 150 Å². The molecule has 7 heteroatoms. The molecule has 1 amide bonds. The van der Waals surface area contributed by atoms with Gasteiger partial charge in [0.15, 0.2) is 6.29 Å². The lowest BCUT2D eigenvalue weighted by Crippen LogP contribution is -2.46. The van der Waals surface area contributed by atoms with Crippen LogP contribution in [0, 0.1) is 0 Å². The number of carbonyl (C=O) groups excluding carboxylic acids is 2. The van der Waals surface area contributed by atoms with Crippen molar-refractivity contribution in [3.8, 4) is 0 Å². The Morgan fingerprint density at radius 3 is 2.80 bits per heavy atom. The zero-order valence-corrected chi connectivity index (χ0v) is 15.6. The quantitative estimate of drug-likeness (QED) is 0.230. The van der Waals surface area contributed by atoms with Crippen LogP contribution in [0.1, 0.15) is 40.0 Å². The predicted molar refractivity (Wildman–Crippen MR) is 93.0 cm³/mol. The lowest BCUT2D eigenvalue weighted by molar-refractivity contribution is -0.152. The summed E-state index contributed by atoms with van der Waals surface area (Å²) in [6.45, 7) is 7.71. The Morgan fingerprint density at radius 2 is 2.08 bits per heavy atom. The molecule has 25 heavy (non-hydrogen) atoms. The van der Waals surface area contributed by atoms with Crippen LogP contribution in [0.5, 0.6) is 0 Å². The molecular weight excluding hydrogens is 326 g/mol. The van der Waals surface area contributed by atoms with E-state index in [1.165, 1.54) is 0 Å². The molecule has 144 valence electrons. The third-order valence-corrected chi connectivity index (χ3v) is 3.82. The second kappa shape index (κ2) is 12.9. The van der Waals surface area contributed by atoms with Crippen molar-refractivity contribution < 1.29 is 28.5 Å². The van der Waals surface area contributed by atoms with E-state index in [2.05, 4.69) is 0 Å². The van der Waals surface area contributed by atoms with Crippen LogP contribution < -0.4 is 0 Å². The maximum Gasteiger partial charge on any atom is 0.332 e. The molecule has 0 N–H and O–H groups in total. The fourth-order valence-electron chi connectivity index (χ4n) is 2.61. The highest BCUT2D eigenvalue weighted by Gasteiger charge is 2.27. The third kappa shape index (κ3) is 9.00. The van der Waals surface area contributed by atoms with E-state index < -0.39 is 0 Å². The maximum atomic E-state index is 12.2. The highest BCUT2D eigenvalue weighted by molar-refractivity contribution is 5.77. The van der Waals surface area contributed by atoms with Gasteiger partial charge in [0.1, 0.15) is 6.61 Å². The fraction of sp³-hybridized carbons (Fsp3) is 0.778. The smallest absolute Gasteiger partial charge is 0.332 e.